The molecule has 1 saturated carbocycles. The van der Waals surface area contributed by atoms with Crippen LogP contribution in [-0.2, 0) is 16.4 Å². The van der Waals surface area contributed by atoms with Crippen LogP contribution in [0.25, 0.3) is 0 Å². The van der Waals surface area contributed by atoms with Gasteiger partial charge in [-0.3, -0.25) is 0 Å². The molecule has 24 heavy (non-hydrogen) atoms. The smallest absolute Gasteiger partial charge is 0.238 e. The van der Waals surface area contributed by atoms with Crippen molar-refractivity contribution in [2.45, 2.75) is 43.0 Å². The third kappa shape index (κ3) is 4.04. The molecule has 0 unspecified atom stereocenters. The van der Waals surface area contributed by atoms with Gasteiger partial charge in [-0.15, -0.1) is 0 Å². The number of nitrogens with one attached hydrogen (secondary N) is 1. The van der Waals surface area contributed by atoms with E-state index >= 15 is 0 Å². The molecule has 2 aromatic rings. The van der Waals surface area contributed by atoms with Crippen LogP contribution < -0.4 is 10.5 Å². The molecule has 0 atom stereocenters. The Bertz CT molecular complexity index is 794. The lowest BCUT2D eigenvalue weighted by molar-refractivity contribution is 0.292. The van der Waals surface area contributed by atoms with E-state index in [1.165, 1.54) is 24.0 Å². The normalized spacial score (nSPS) is 20.6. The Hall–Kier alpha value is -1.69. The Morgan fingerprint density at radius 3 is 2.38 bits per heavy atom. The van der Waals surface area contributed by atoms with Gasteiger partial charge in [0.25, 0.3) is 0 Å². The number of primary sulfonamides is 1. The highest BCUT2D eigenvalue weighted by atomic mass is 32.2. The molecular weight excluding hydrogens is 320 g/mol. The van der Waals surface area contributed by atoms with Crippen LogP contribution in [0, 0.1) is 6.92 Å². The second-order valence-corrected chi connectivity index (χ2v) is 8.18. The van der Waals surface area contributed by atoms with Gasteiger partial charge in [-0.25, -0.2) is 13.6 Å². The summed E-state index contributed by atoms with van der Waals surface area (Å²) in [7, 11) is -3.60. The van der Waals surface area contributed by atoms with Crippen LogP contribution in [0.4, 0.5) is 0 Å². The van der Waals surface area contributed by atoms with E-state index in [0.29, 0.717) is 12.0 Å². The van der Waals surface area contributed by atoms with Crippen molar-refractivity contribution in [1.82, 2.24) is 5.32 Å². The molecular formula is C19H24N2O2S. The molecule has 2 aromatic carbocycles. The number of rotatable bonds is 6. The molecule has 4 nitrogen and oxygen atoms in total. The first-order valence-corrected chi connectivity index (χ1v) is 9.89. The fourth-order valence-electron chi connectivity index (χ4n) is 3.35. The molecule has 0 spiro atoms. The molecule has 3 rings (SSSR count). The van der Waals surface area contributed by atoms with Crippen molar-refractivity contribution < 1.29 is 8.42 Å². The summed E-state index contributed by atoms with van der Waals surface area (Å²) in [5.41, 5.74) is 3.98. The third-order valence-corrected chi connectivity index (χ3v) is 5.79. The quantitative estimate of drug-likeness (QED) is 0.846. The number of hydrogen-bond acceptors (Lipinski definition) is 3. The summed E-state index contributed by atoms with van der Waals surface area (Å²) < 4.78 is 22.5. The topological polar surface area (TPSA) is 72.2 Å². The van der Waals surface area contributed by atoms with Gasteiger partial charge in [-0.05, 0) is 67.5 Å². The Labute approximate surface area is 144 Å². The molecule has 1 aliphatic rings. The minimum atomic E-state index is -3.60. The Morgan fingerprint density at radius 1 is 1.08 bits per heavy atom. The summed E-state index contributed by atoms with van der Waals surface area (Å²) in [5, 5.41) is 8.69. The van der Waals surface area contributed by atoms with Gasteiger partial charge in [-0.1, -0.05) is 36.4 Å². The van der Waals surface area contributed by atoms with Gasteiger partial charge in [0.2, 0.25) is 10.0 Å². The van der Waals surface area contributed by atoms with Crippen LogP contribution in [0.1, 0.15) is 35.4 Å². The lowest BCUT2D eigenvalue weighted by atomic mass is 9.74. The first-order valence-electron chi connectivity index (χ1n) is 8.34. The van der Waals surface area contributed by atoms with Crippen LogP contribution in [-0.4, -0.2) is 21.0 Å². The van der Waals surface area contributed by atoms with Crippen molar-refractivity contribution >= 4 is 10.0 Å². The monoisotopic (exact) mass is 344 g/mol. The van der Waals surface area contributed by atoms with E-state index in [1.54, 1.807) is 12.1 Å². The van der Waals surface area contributed by atoms with Crippen molar-refractivity contribution in [3.63, 3.8) is 0 Å². The predicted molar refractivity (Wildman–Crippen MR) is 96.5 cm³/mol. The molecule has 3 N–H and O–H groups in total. The molecule has 0 amide bonds. The van der Waals surface area contributed by atoms with E-state index in [0.717, 1.165) is 18.5 Å². The third-order valence-electron chi connectivity index (χ3n) is 4.86. The zero-order valence-corrected chi connectivity index (χ0v) is 14.7. The maximum Gasteiger partial charge on any atom is 0.238 e. The summed E-state index contributed by atoms with van der Waals surface area (Å²) in [6, 6.07) is 16.0. The Balaban J connectivity index is 1.43. The highest BCUT2D eigenvalue weighted by Gasteiger charge is 2.30. The van der Waals surface area contributed by atoms with E-state index in [9.17, 15) is 8.42 Å². The largest absolute Gasteiger partial charge is 0.314 e. The predicted octanol–water partition coefficient (Wildman–Crippen LogP) is 2.72. The standard InChI is InChI=1S/C19H24N2O2S/c1-14-4-2-3-5-19(14)16-12-17(13-16)21-11-10-15-6-8-18(9-7-15)24(20,22)23/h2-9,16-17,21H,10-13H2,1H3,(H2,20,22,23). The minimum absolute atomic E-state index is 0.166. The summed E-state index contributed by atoms with van der Waals surface area (Å²) in [5.74, 6) is 0.678. The SMILES string of the molecule is Cc1ccccc1C1CC(NCCc2ccc(S(N)(=O)=O)cc2)C1. The summed E-state index contributed by atoms with van der Waals surface area (Å²) in [4.78, 5) is 0.166. The van der Waals surface area contributed by atoms with Crippen molar-refractivity contribution in [2.24, 2.45) is 5.14 Å². The molecule has 0 bridgehead atoms. The van der Waals surface area contributed by atoms with Crippen LogP contribution in [0.3, 0.4) is 0 Å². The number of sulfonamides is 1. The molecule has 0 aromatic heterocycles. The lowest BCUT2D eigenvalue weighted by Gasteiger charge is -2.37. The van der Waals surface area contributed by atoms with E-state index in [4.69, 9.17) is 5.14 Å². The molecule has 0 radical (unpaired) electrons. The molecule has 0 heterocycles. The first-order chi connectivity index (χ1) is 11.4. The molecule has 1 fully saturated rings. The number of aryl methyl sites for hydroxylation is 1. The highest BCUT2D eigenvalue weighted by Crippen LogP contribution is 2.38. The zero-order valence-electron chi connectivity index (χ0n) is 13.9. The number of nitrogens with two attached hydrogens (primary N) is 1. The van der Waals surface area contributed by atoms with E-state index in [-0.39, 0.29) is 4.90 Å². The van der Waals surface area contributed by atoms with Crippen LogP contribution in [0.15, 0.2) is 53.4 Å². The van der Waals surface area contributed by atoms with Crippen LogP contribution in [0.2, 0.25) is 0 Å². The van der Waals surface area contributed by atoms with Crippen molar-refractivity contribution in [1.29, 1.82) is 0 Å². The maximum atomic E-state index is 11.2. The zero-order chi connectivity index (χ0) is 17.2. The number of hydrogen-bond donors (Lipinski definition) is 2. The fraction of sp³-hybridized carbons (Fsp3) is 0.368. The second-order valence-electron chi connectivity index (χ2n) is 6.61. The summed E-state index contributed by atoms with van der Waals surface area (Å²) >= 11 is 0. The van der Waals surface area contributed by atoms with E-state index in [2.05, 4.69) is 36.5 Å². The minimum Gasteiger partial charge on any atom is -0.314 e. The Kier molecular flexibility index (Phi) is 5.04. The molecule has 5 heteroatoms. The van der Waals surface area contributed by atoms with Gasteiger partial charge < -0.3 is 5.32 Å². The van der Waals surface area contributed by atoms with Crippen LogP contribution >= 0.6 is 0 Å². The fourth-order valence-corrected chi connectivity index (χ4v) is 3.87. The Morgan fingerprint density at radius 2 is 1.75 bits per heavy atom. The van der Waals surface area contributed by atoms with Gasteiger partial charge in [-0.2, -0.15) is 0 Å². The maximum absolute atomic E-state index is 11.2. The van der Waals surface area contributed by atoms with E-state index < -0.39 is 10.0 Å². The van der Waals surface area contributed by atoms with Gasteiger partial charge in [0, 0.05) is 6.04 Å². The van der Waals surface area contributed by atoms with Crippen molar-refractivity contribution in [3.05, 3.63) is 65.2 Å². The first kappa shape index (κ1) is 17.1. The van der Waals surface area contributed by atoms with Crippen molar-refractivity contribution in [2.75, 3.05) is 6.54 Å². The van der Waals surface area contributed by atoms with Gasteiger partial charge in [0.05, 0.1) is 4.90 Å². The summed E-state index contributed by atoms with van der Waals surface area (Å²) in [6.45, 7) is 3.08. The van der Waals surface area contributed by atoms with Gasteiger partial charge in [0.15, 0.2) is 0 Å². The molecule has 0 saturated heterocycles. The average Bonchev–Trinajstić information content (AvgIpc) is 2.50. The van der Waals surface area contributed by atoms with Crippen LogP contribution in [0.5, 0.6) is 0 Å². The highest BCUT2D eigenvalue weighted by molar-refractivity contribution is 7.89. The molecule has 1 aliphatic carbocycles. The molecule has 128 valence electrons. The summed E-state index contributed by atoms with van der Waals surface area (Å²) in [6.07, 6.45) is 3.26. The number of benzene rings is 2. The average molecular weight is 344 g/mol. The van der Waals surface area contributed by atoms with Gasteiger partial charge >= 0.3 is 0 Å². The molecule has 0 aliphatic heterocycles. The second kappa shape index (κ2) is 7.05. The lowest BCUT2D eigenvalue weighted by Crippen LogP contribution is -2.41. The van der Waals surface area contributed by atoms with Crippen molar-refractivity contribution in [3.8, 4) is 0 Å². The van der Waals surface area contributed by atoms with Gasteiger partial charge in [0.1, 0.15) is 0 Å². The van der Waals surface area contributed by atoms with E-state index in [1.807, 2.05) is 12.1 Å².